The summed E-state index contributed by atoms with van der Waals surface area (Å²) >= 11 is 1.78. The van der Waals surface area contributed by atoms with Gasteiger partial charge in [0.2, 0.25) is 11.8 Å². The minimum Gasteiger partial charge on any atom is -0.343 e. The maximum Gasteiger partial charge on any atom is 0.245 e. The maximum absolute atomic E-state index is 12.9. The first-order valence-corrected chi connectivity index (χ1v) is 9.89. The summed E-state index contributed by atoms with van der Waals surface area (Å²) in [5.74, 6) is 2.50. The van der Waals surface area contributed by atoms with Crippen molar-refractivity contribution in [3.63, 3.8) is 0 Å². The number of benzene rings is 1. The predicted octanol–water partition coefficient (Wildman–Crippen LogP) is 1.79. The van der Waals surface area contributed by atoms with Crippen molar-refractivity contribution in [2.24, 2.45) is 0 Å². The Labute approximate surface area is 146 Å². The number of carbonyl (C=O) groups excluding carboxylic acids is 2. The molecule has 0 aromatic heterocycles. The van der Waals surface area contributed by atoms with E-state index in [1.807, 2.05) is 21.9 Å². The Morgan fingerprint density at radius 3 is 2.96 bits per heavy atom. The monoisotopic (exact) mass is 345 g/mol. The van der Waals surface area contributed by atoms with Gasteiger partial charge in [0.25, 0.3) is 0 Å². The molecule has 0 radical (unpaired) electrons. The topological polar surface area (TPSA) is 52.7 Å². The summed E-state index contributed by atoms with van der Waals surface area (Å²) in [6.45, 7) is 2.43. The van der Waals surface area contributed by atoms with Crippen molar-refractivity contribution in [3.05, 3.63) is 29.8 Å². The Kier molecular flexibility index (Phi) is 4.50. The minimum atomic E-state index is -0.0676. The lowest BCUT2D eigenvalue weighted by Crippen LogP contribution is -2.44. The third-order valence-corrected chi connectivity index (χ3v) is 6.21. The zero-order chi connectivity index (χ0) is 16.5. The van der Waals surface area contributed by atoms with Crippen LogP contribution in [0, 0.1) is 0 Å². The minimum absolute atomic E-state index is 0.0676. The van der Waals surface area contributed by atoms with E-state index in [1.165, 1.54) is 5.56 Å². The molecule has 2 fully saturated rings. The molecular weight excluding hydrogens is 322 g/mol. The number of fused-ring (bicyclic) bond motifs is 1. The largest absolute Gasteiger partial charge is 0.343 e. The second-order valence-electron chi connectivity index (χ2n) is 6.75. The molecule has 1 aromatic rings. The summed E-state index contributed by atoms with van der Waals surface area (Å²) in [7, 11) is 0. The van der Waals surface area contributed by atoms with Crippen LogP contribution in [0.1, 0.15) is 30.7 Å². The van der Waals surface area contributed by atoms with Gasteiger partial charge in [-0.1, -0.05) is 18.2 Å². The summed E-state index contributed by atoms with van der Waals surface area (Å²) < 4.78 is 0. The maximum atomic E-state index is 12.9. The Hall–Kier alpha value is -1.53. The van der Waals surface area contributed by atoms with E-state index in [4.69, 9.17) is 0 Å². The van der Waals surface area contributed by atoms with Crippen LogP contribution in [0.2, 0.25) is 0 Å². The molecule has 2 atom stereocenters. The first-order chi connectivity index (χ1) is 11.7. The number of carbonyl (C=O) groups is 2. The summed E-state index contributed by atoms with van der Waals surface area (Å²) in [5.41, 5.74) is 2.31. The number of rotatable bonds is 4. The van der Waals surface area contributed by atoms with Crippen molar-refractivity contribution in [2.45, 2.75) is 31.2 Å². The van der Waals surface area contributed by atoms with E-state index in [1.54, 1.807) is 11.8 Å². The smallest absolute Gasteiger partial charge is 0.245 e. The average molecular weight is 345 g/mol. The zero-order valence-corrected chi connectivity index (χ0v) is 14.6. The molecule has 2 saturated heterocycles. The molecule has 0 spiro atoms. The summed E-state index contributed by atoms with van der Waals surface area (Å²) in [6.07, 6.45) is 2.60. The molecule has 24 heavy (non-hydrogen) atoms. The SMILES string of the molecule is O=C1CCCN1CC[C@@H]1CN(C(=O)[C@@H]2CSCN2)c2ccccc21. The molecule has 4 rings (SSSR count). The van der Waals surface area contributed by atoms with E-state index in [9.17, 15) is 9.59 Å². The summed E-state index contributed by atoms with van der Waals surface area (Å²) in [6, 6.07) is 8.17. The first kappa shape index (κ1) is 16.0. The number of anilines is 1. The lowest BCUT2D eigenvalue weighted by molar-refractivity contribution is -0.127. The van der Waals surface area contributed by atoms with E-state index in [0.717, 1.165) is 49.8 Å². The average Bonchev–Trinajstić information content (AvgIpc) is 3.33. The molecule has 0 aliphatic carbocycles. The molecule has 0 saturated carbocycles. The van der Waals surface area contributed by atoms with Gasteiger partial charge < -0.3 is 9.80 Å². The van der Waals surface area contributed by atoms with Crippen molar-refractivity contribution in [2.75, 3.05) is 36.2 Å². The lowest BCUT2D eigenvalue weighted by Gasteiger charge is -2.22. The Bertz CT molecular complexity index is 645. The van der Waals surface area contributed by atoms with Gasteiger partial charge in [0.05, 0.1) is 6.04 Å². The summed E-state index contributed by atoms with van der Waals surface area (Å²) in [5, 5.41) is 3.28. The van der Waals surface area contributed by atoms with Crippen LogP contribution in [0.4, 0.5) is 5.69 Å². The second-order valence-corrected chi connectivity index (χ2v) is 7.78. The van der Waals surface area contributed by atoms with Gasteiger partial charge in [-0.3, -0.25) is 14.9 Å². The Balaban J connectivity index is 1.48. The van der Waals surface area contributed by atoms with Crippen LogP contribution in [0.5, 0.6) is 0 Å². The van der Waals surface area contributed by atoms with Gasteiger partial charge in [-0.05, 0) is 24.5 Å². The number of thioether (sulfide) groups is 1. The summed E-state index contributed by atoms with van der Waals surface area (Å²) in [4.78, 5) is 28.6. The molecule has 5 nitrogen and oxygen atoms in total. The third kappa shape index (κ3) is 2.93. The molecule has 6 heteroatoms. The highest BCUT2D eigenvalue weighted by Gasteiger charge is 2.36. The fourth-order valence-corrected chi connectivity index (χ4v) is 4.88. The fourth-order valence-electron chi connectivity index (χ4n) is 3.95. The normalized spacial score (nSPS) is 26.2. The Morgan fingerprint density at radius 2 is 2.21 bits per heavy atom. The molecule has 3 aliphatic rings. The van der Waals surface area contributed by atoms with Gasteiger partial charge in [0.15, 0.2) is 0 Å². The van der Waals surface area contributed by atoms with Crippen LogP contribution < -0.4 is 10.2 Å². The quantitative estimate of drug-likeness (QED) is 0.904. The van der Waals surface area contributed by atoms with E-state index in [0.29, 0.717) is 12.3 Å². The molecule has 0 unspecified atom stereocenters. The highest BCUT2D eigenvalue weighted by atomic mass is 32.2. The van der Waals surface area contributed by atoms with Crippen LogP contribution in [-0.4, -0.2) is 54.0 Å². The van der Waals surface area contributed by atoms with Crippen LogP contribution in [0.3, 0.4) is 0 Å². The van der Waals surface area contributed by atoms with Crippen LogP contribution >= 0.6 is 11.8 Å². The number of nitrogens with zero attached hydrogens (tertiary/aromatic N) is 2. The van der Waals surface area contributed by atoms with E-state index >= 15 is 0 Å². The standard InChI is InChI=1S/C18H23N3O2S/c22-17-6-3-8-20(17)9-7-13-10-21(16-5-2-1-4-14(13)16)18(23)15-11-24-12-19-15/h1-2,4-5,13,15,19H,3,6-12H2/t13-,15+/m1/s1. The molecule has 2 amide bonds. The molecular formula is C18H23N3O2S. The van der Waals surface area contributed by atoms with Gasteiger partial charge in [-0.25, -0.2) is 0 Å². The van der Waals surface area contributed by atoms with Crippen LogP contribution in [0.25, 0.3) is 0 Å². The van der Waals surface area contributed by atoms with Crippen molar-refractivity contribution >= 4 is 29.3 Å². The highest BCUT2D eigenvalue weighted by molar-refractivity contribution is 7.99. The van der Waals surface area contributed by atoms with Crippen LogP contribution in [0.15, 0.2) is 24.3 Å². The van der Waals surface area contributed by atoms with E-state index in [-0.39, 0.29) is 17.9 Å². The molecule has 128 valence electrons. The van der Waals surface area contributed by atoms with Crippen molar-refractivity contribution in [1.82, 2.24) is 10.2 Å². The zero-order valence-electron chi connectivity index (χ0n) is 13.7. The van der Waals surface area contributed by atoms with Crippen molar-refractivity contribution < 1.29 is 9.59 Å². The third-order valence-electron chi connectivity index (χ3n) is 5.27. The molecule has 0 bridgehead atoms. The van der Waals surface area contributed by atoms with Gasteiger partial charge in [-0.15, -0.1) is 11.8 Å². The van der Waals surface area contributed by atoms with Crippen LogP contribution in [-0.2, 0) is 9.59 Å². The van der Waals surface area contributed by atoms with Gasteiger partial charge in [0, 0.05) is 49.3 Å². The molecule has 1 aromatic carbocycles. The number of nitrogens with one attached hydrogen (secondary N) is 1. The number of para-hydroxylation sites is 1. The first-order valence-electron chi connectivity index (χ1n) is 8.73. The highest BCUT2D eigenvalue weighted by Crippen LogP contribution is 2.38. The molecule has 3 heterocycles. The van der Waals surface area contributed by atoms with Gasteiger partial charge in [-0.2, -0.15) is 0 Å². The number of likely N-dealkylation sites (tertiary alicyclic amines) is 1. The predicted molar refractivity (Wildman–Crippen MR) is 96.2 cm³/mol. The second kappa shape index (κ2) is 6.76. The van der Waals surface area contributed by atoms with Crippen molar-refractivity contribution in [1.29, 1.82) is 0 Å². The number of amides is 2. The molecule has 1 N–H and O–H groups in total. The fraction of sp³-hybridized carbons (Fsp3) is 0.556. The number of hydrogen-bond donors (Lipinski definition) is 1. The molecule has 3 aliphatic heterocycles. The lowest BCUT2D eigenvalue weighted by atomic mass is 9.98. The van der Waals surface area contributed by atoms with Gasteiger partial charge in [0.1, 0.15) is 0 Å². The van der Waals surface area contributed by atoms with Gasteiger partial charge >= 0.3 is 0 Å². The van der Waals surface area contributed by atoms with Crippen molar-refractivity contribution in [3.8, 4) is 0 Å². The number of hydrogen-bond acceptors (Lipinski definition) is 4. The van der Waals surface area contributed by atoms with E-state index < -0.39 is 0 Å². The van der Waals surface area contributed by atoms with E-state index in [2.05, 4.69) is 17.4 Å². The Morgan fingerprint density at radius 1 is 1.33 bits per heavy atom.